The van der Waals surface area contributed by atoms with E-state index in [0.717, 1.165) is 10.0 Å². The van der Waals surface area contributed by atoms with E-state index >= 15 is 0 Å². The molecule has 0 aliphatic carbocycles. The van der Waals surface area contributed by atoms with Crippen LogP contribution in [0.1, 0.15) is 22.3 Å². The number of hydrogen-bond acceptors (Lipinski definition) is 3. The summed E-state index contributed by atoms with van der Waals surface area (Å²) in [6.45, 7) is 0.337. The predicted molar refractivity (Wildman–Crippen MR) is 103 cm³/mol. The summed E-state index contributed by atoms with van der Waals surface area (Å²) in [5.41, 5.74) is 1.32. The fraction of sp³-hybridized carbons (Fsp3) is 0.278. The van der Waals surface area contributed by atoms with Crippen molar-refractivity contribution in [1.82, 2.24) is 4.90 Å². The third-order valence-corrected chi connectivity index (χ3v) is 6.83. The third kappa shape index (κ3) is 4.43. The molecule has 1 saturated heterocycles. The maximum absolute atomic E-state index is 13.1. The summed E-state index contributed by atoms with van der Waals surface area (Å²) in [4.78, 5) is 14.7. The van der Waals surface area contributed by atoms with Gasteiger partial charge in [0.15, 0.2) is 9.84 Å². The molecule has 1 aliphatic rings. The molecular formula is C18H17BrClNO3S. The van der Waals surface area contributed by atoms with Crippen molar-refractivity contribution < 1.29 is 13.2 Å². The van der Waals surface area contributed by atoms with Crippen LogP contribution in [0.2, 0.25) is 5.02 Å². The van der Waals surface area contributed by atoms with Crippen molar-refractivity contribution in [2.24, 2.45) is 0 Å². The van der Waals surface area contributed by atoms with Crippen LogP contribution in [0.15, 0.2) is 53.0 Å². The Balaban J connectivity index is 1.94. The van der Waals surface area contributed by atoms with Crippen molar-refractivity contribution in [3.05, 3.63) is 69.2 Å². The topological polar surface area (TPSA) is 54.5 Å². The maximum Gasteiger partial charge on any atom is 0.255 e. The monoisotopic (exact) mass is 441 g/mol. The molecule has 2 aromatic rings. The zero-order valence-electron chi connectivity index (χ0n) is 13.4. The minimum atomic E-state index is -3.10. The van der Waals surface area contributed by atoms with E-state index in [4.69, 9.17) is 11.6 Å². The third-order valence-electron chi connectivity index (χ3n) is 4.26. The Labute approximate surface area is 160 Å². The molecule has 7 heteroatoms. The number of carbonyl (C=O) groups excluding carboxylic acids is 1. The van der Waals surface area contributed by atoms with Gasteiger partial charge in [-0.3, -0.25) is 4.79 Å². The predicted octanol–water partition coefficient (Wildman–Crippen LogP) is 3.93. The summed E-state index contributed by atoms with van der Waals surface area (Å²) in [5.74, 6) is -0.132. The Hall–Kier alpha value is -1.37. The van der Waals surface area contributed by atoms with Crippen molar-refractivity contribution in [3.8, 4) is 0 Å². The lowest BCUT2D eigenvalue weighted by molar-refractivity contribution is 0.0681. The zero-order chi connectivity index (χ0) is 18.0. The van der Waals surface area contributed by atoms with Crippen LogP contribution < -0.4 is 0 Å². The molecule has 25 heavy (non-hydrogen) atoms. The summed E-state index contributed by atoms with van der Waals surface area (Å²) in [6, 6.07) is 14.1. The molecule has 0 unspecified atom stereocenters. The first-order valence-electron chi connectivity index (χ1n) is 7.86. The molecule has 0 N–H and O–H groups in total. The average Bonchev–Trinajstić information content (AvgIpc) is 2.92. The van der Waals surface area contributed by atoms with Gasteiger partial charge in [-0.15, -0.1) is 0 Å². The first kappa shape index (κ1) is 18.4. The van der Waals surface area contributed by atoms with E-state index in [2.05, 4.69) is 15.9 Å². The van der Waals surface area contributed by atoms with Crippen LogP contribution in [0.25, 0.3) is 0 Å². The van der Waals surface area contributed by atoms with Crippen LogP contribution >= 0.6 is 27.5 Å². The van der Waals surface area contributed by atoms with E-state index in [1.807, 2.05) is 24.3 Å². The normalized spacial score (nSPS) is 18.9. The number of nitrogens with zero attached hydrogens (tertiary/aromatic N) is 1. The summed E-state index contributed by atoms with van der Waals surface area (Å²) >= 11 is 9.61. The summed E-state index contributed by atoms with van der Waals surface area (Å²) in [6.07, 6.45) is 0.451. The molecule has 3 rings (SSSR count). The number of benzene rings is 2. The van der Waals surface area contributed by atoms with Gasteiger partial charge in [-0.2, -0.15) is 0 Å². The first-order valence-corrected chi connectivity index (χ1v) is 10.9. The van der Waals surface area contributed by atoms with E-state index in [1.54, 1.807) is 29.2 Å². The number of amides is 1. The highest BCUT2D eigenvalue weighted by Crippen LogP contribution is 2.25. The van der Waals surface area contributed by atoms with Gasteiger partial charge < -0.3 is 4.90 Å². The van der Waals surface area contributed by atoms with Gasteiger partial charge in [0.1, 0.15) is 0 Å². The van der Waals surface area contributed by atoms with Gasteiger partial charge in [-0.05, 0) is 36.2 Å². The van der Waals surface area contributed by atoms with Gasteiger partial charge >= 0.3 is 0 Å². The summed E-state index contributed by atoms with van der Waals surface area (Å²) < 4.78 is 24.7. The second-order valence-corrected chi connectivity index (χ2v) is 9.65. The molecule has 0 aromatic heterocycles. The van der Waals surface area contributed by atoms with Gasteiger partial charge in [0, 0.05) is 17.1 Å². The molecule has 0 bridgehead atoms. The summed E-state index contributed by atoms with van der Waals surface area (Å²) in [7, 11) is -3.10. The Morgan fingerprint density at radius 3 is 2.60 bits per heavy atom. The quantitative estimate of drug-likeness (QED) is 0.721. The SMILES string of the molecule is O=C(c1ccccc1Cl)N(Cc1cccc(Br)c1)[C@H]1CCS(=O)(=O)C1. The molecule has 1 fully saturated rings. The van der Waals surface area contributed by atoms with Gasteiger partial charge in [0.25, 0.3) is 5.91 Å². The van der Waals surface area contributed by atoms with E-state index in [-0.39, 0.29) is 23.5 Å². The highest BCUT2D eigenvalue weighted by atomic mass is 79.9. The molecule has 1 aliphatic heterocycles. The molecular weight excluding hydrogens is 426 g/mol. The minimum absolute atomic E-state index is 0.00278. The lowest BCUT2D eigenvalue weighted by Gasteiger charge is -2.29. The molecule has 0 spiro atoms. The van der Waals surface area contributed by atoms with Gasteiger partial charge in [0.2, 0.25) is 0 Å². The molecule has 0 saturated carbocycles. The largest absolute Gasteiger partial charge is 0.330 e. The van der Waals surface area contributed by atoms with Crippen LogP contribution in [-0.4, -0.2) is 36.8 Å². The van der Waals surface area contributed by atoms with Crippen LogP contribution in [0, 0.1) is 0 Å². The molecule has 4 nitrogen and oxygen atoms in total. The number of sulfone groups is 1. The van der Waals surface area contributed by atoms with E-state index < -0.39 is 9.84 Å². The Morgan fingerprint density at radius 1 is 1.20 bits per heavy atom. The van der Waals surface area contributed by atoms with Crippen LogP contribution in [0.3, 0.4) is 0 Å². The fourth-order valence-corrected chi connectivity index (χ4v) is 5.40. The van der Waals surface area contributed by atoms with Crippen LogP contribution in [0.4, 0.5) is 0 Å². The Morgan fingerprint density at radius 2 is 1.96 bits per heavy atom. The minimum Gasteiger partial charge on any atom is -0.330 e. The van der Waals surface area contributed by atoms with E-state index in [0.29, 0.717) is 23.6 Å². The number of rotatable bonds is 4. The molecule has 1 atom stereocenters. The van der Waals surface area contributed by atoms with Crippen LogP contribution in [0.5, 0.6) is 0 Å². The highest BCUT2D eigenvalue weighted by molar-refractivity contribution is 9.10. The van der Waals surface area contributed by atoms with Gasteiger partial charge in [0.05, 0.1) is 22.1 Å². The van der Waals surface area contributed by atoms with E-state index in [1.165, 1.54) is 0 Å². The highest BCUT2D eigenvalue weighted by Gasteiger charge is 2.35. The van der Waals surface area contributed by atoms with Crippen molar-refractivity contribution in [2.45, 2.75) is 19.0 Å². The van der Waals surface area contributed by atoms with Crippen LogP contribution in [-0.2, 0) is 16.4 Å². The number of hydrogen-bond donors (Lipinski definition) is 0. The van der Waals surface area contributed by atoms with Crippen molar-refractivity contribution in [1.29, 1.82) is 0 Å². The average molecular weight is 443 g/mol. The van der Waals surface area contributed by atoms with Crippen molar-refractivity contribution in [2.75, 3.05) is 11.5 Å². The maximum atomic E-state index is 13.1. The second-order valence-electron chi connectivity index (χ2n) is 6.10. The van der Waals surface area contributed by atoms with Crippen molar-refractivity contribution in [3.63, 3.8) is 0 Å². The standard InChI is InChI=1S/C18H17BrClNO3S/c19-14-5-3-4-13(10-14)11-21(15-8-9-25(23,24)12-15)18(22)16-6-1-2-7-17(16)20/h1-7,10,15H,8-9,11-12H2/t15-/m0/s1. The lowest BCUT2D eigenvalue weighted by atomic mass is 10.1. The molecule has 0 radical (unpaired) electrons. The lowest BCUT2D eigenvalue weighted by Crippen LogP contribution is -2.40. The fourth-order valence-electron chi connectivity index (χ4n) is 3.01. The Kier molecular flexibility index (Phi) is 5.51. The number of carbonyl (C=O) groups is 1. The molecule has 1 heterocycles. The number of halogens is 2. The second kappa shape index (κ2) is 7.48. The zero-order valence-corrected chi connectivity index (χ0v) is 16.5. The van der Waals surface area contributed by atoms with E-state index in [9.17, 15) is 13.2 Å². The van der Waals surface area contributed by atoms with Gasteiger partial charge in [-0.1, -0.05) is 51.8 Å². The van der Waals surface area contributed by atoms with Crippen molar-refractivity contribution >= 4 is 43.3 Å². The smallest absolute Gasteiger partial charge is 0.255 e. The van der Waals surface area contributed by atoms with Gasteiger partial charge in [-0.25, -0.2) is 8.42 Å². The Bertz CT molecular complexity index is 901. The molecule has 2 aromatic carbocycles. The molecule has 132 valence electrons. The first-order chi connectivity index (χ1) is 11.9. The summed E-state index contributed by atoms with van der Waals surface area (Å²) in [5, 5.41) is 0.368. The molecule has 1 amide bonds.